The number of rotatable bonds is 7. The maximum absolute atomic E-state index is 13.4. The van der Waals surface area contributed by atoms with Gasteiger partial charge in [-0.15, -0.1) is 0 Å². The van der Waals surface area contributed by atoms with Crippen LogP contribution in [0.3, 0.4) is 0 Å². The second kappa shape index (κ2) is 9.46. The quantitative estimate of drug-likeness (QED) is 0.560. The third-order valence-corrected chi connectivity index (χ3v) is 4.50. The molecule has 0 aliphatic rings. The summed E-state index contributed by atoms with van der Waals surface area (Å²) >= 11 is 0. The Morgan fingerprint density at radius 3 is 2.42 bits per heavy atom. The first-order chi connectivity index (χ1) is 14.8. The average molecular weight is 430 g/mol. The van der Waals surface area contributed by atoms with Crippen LogP contribution in [-0.2, 0) is 6.18 Å². The highest BCUT2D eigenvalue weighted by atomic mass is 19.4. The third-order valence-electron chi connectivity index (χ3n) is 4.50. The predicted molar refractivity (Wildman–Crippen MR) is 111 cm³/mol. The number of nitrogens with one attached hydrogen (secondary N) is 2. The van der Waals surface area contributed by atoms with Crippen LogP contribution < -0.4 is 16.1 Å². The van der Waals surface area contributed by atoms with Crippen LogP contribution in [-0.4, -0.2) is 28.8 Å². The standard InChI is InChI=1S/C22H21F3N4O2/c1-15-14-19(30)20(21(31)27-13-7-12-26-16-8-3-2-4-9-16)28-29(15)18-11-6-5-10-17(18)22(23,24)25/h2-6,8-11,14,26H,7,12-13H2,1H3,(H,27,31). The van der Waals surface area contributed by atoms with Crippen LogP contribution >= 0.6 is 0 Å². The molecule has 3 rings (SSSR count). The van der Waals surface area contributed by atoms with Crippen molar-refractivity contribution in [2.24, 2.45) is 0 Å². The highest BCUT2D eigenvalue weighted by Crippen LogP contribution is 2.33. The van der Waals surface area contributed by atoms with E-state index in [0.717, 1.165) is 22.5 Å². The summed E-state index contributed by atoms with van der Waals surface area (Å²) in [6, 6.07) is 15.5. The Hall–Kier alpha value is -3.62. The van der Waals surface area contributed by atoms with Crippen LogP contribution in [0.1, 0.15) is 28.2 Å². The second-order valence-electron chi connectivity index (χ2n) is 6.83. The molecule has 2 aromatic carbocycles. The van der Waals surface area contributed by atoms with E-state index in [0.29, 0.717) is 13.0 Å². The number of aryl methyl sites for hydroxylation is 1. The van der Waals surface area contributed by atoms with E-state index in [2.05, 4.69) is 15.7 Å². The molecule has 1 heterocycles. The number of para-hydroxylation sites is 2. The SMILES string of the molecule is Cc1cc(=O)c(C(=O)NCCCNc2ccccc2)nn1-c1ccccc1C(F)(F)F. The normalized spacial score (nSPS) is 11.2. The van der Waals surface area contributed by atoms with Crippen molar-refractivity contribution >= 4 is 11.6 Å². The number of carbonyl (C=O) groups excluding carboxylic acids is 1. The number of benzene rings is 2. The minimum absolute atomic E-state index is 0.185. The van der Waals surface area contributed by atoms with Crippen molar-refractivity contribution in [3.8, 4) is 5.69 Å². The van der Waals surface area contributed by atoms with Crippen molar-refractivity contribution < 1.29 is 18.0 Å². The van der Waals surface area contributed by atoms with Crippen LogP contribution in [0.15, 0.2) is 65.5 Å². The fourth-order valence-electron chi connectivity index (χ4n) is 3.01. The number of halogens is 3. The fourth-order valence-corrected chi connectivity index (χ4v) is 3.01. The first kappa shape index (κ1) is 22.1. The Bertz CT molecular complexity index is 1110. The van der Waals surface area contributed by atoms with Crippen LogP contribution in [0, 0.1) is 6.92 Å². The van der Waals surface area contributed by atoms with Gasteiger partial charge in [0.05, 0.1) is 11.3 Å². The lowest BCUT2D eigenvalue weighted by Gasteiger charge is -2.16. The Kier molecular flexibility index (Phi) is 6.74. The van der Waals surface area contributed by atoms with Gasteiger partial charge >= 0.3 is 6.18 Å². The van der Waals surface area contributed by atoms with Gasteiger partial charge in [-0.3, -0.25) is 9.59 Å². The van der Waals surface area contributed by atoms with E-state index in [1.807, 2.05) is 30.3 Å². The highest BCUT2D eigenvalue weighted by molar-refractivity contribution is 5.92. The molecule has 1 aromatic heterocycles. The van der Waals surface area contributed by atoms with Gasteiger partial charge in [0.15, 0.2) is 5.69 Å². The molecule has 0 fully saturated rings. The van der Waals surface area contributed by atoms with Gasteiger partial charge in [0, 0.05) is 30.5 Å². The zero-order valence-electron chi connectivity index (χ0n) is 16.7. The Balaban J connectivity index is 1.73. The second-order valence-corrected chi connectivity index (χ2v) is 6.83. The summed E-state index contributed by atoms with van der Waals surface area (Å²) in [5, 5.41) is 9.72. The van der Waals surface area contributed by atoms with Gasteiger partial charge in [-0.05, 0) is 37.6 Å². The van der Waals surface area contributed by atoms with E-state index in [4.69, 9.17) is 0 Å². The van der Waals surface area contributed by atoms with Gasteiger partial charge < -0.3 is 10.6 Å². The van der Waals surface area contributed by atoms with E-state index in [1.54, 1.807) is 0 Å². The maximum Gasteiger partial charge on any atom is 0.418 e. The summed E-state index contributed by atoms with van der Waals surface area (Å²) in [5.41, 5.74) is -1.15. The molecule has 6 nitrogen and oxygen atoms in total. The van der Waals surface area contributed by atoms with E-state index >= 15 is 0 Å². The lowest BCUT2D eigenvalue weighted by molar-refractivity contribution is -0.137. The number of aromatic nitrogens is 2. The molecule has 162 valence electrons. The van der Waals surface area contributed by atoms with Gasteiger partial charge in [-0.1, -0.05) is 30.3 Å². The molecule has 0 atom stereocenters. The smallest absolute Gasteiger partial charge is 0.385 e. The van der Waals surface area contributed by atoms with E-state index in [9.17, 15) is 22.8 Å². The summed E-state index contributed by atoms with van der Waals surface area (Å²) in [5.74, 6) is -0.733. The summed E-state index contributed by atoms with van der Waals surface area (Å²) in [6.07, 6.45) is -4.03. The lowest BCUT2D eigenvalue weighted by Crippen LogP contribution is -2.33. The molecule has 9 heteroatoms. The Morgan fingerprint density at radius 2 is 1.71 bits per heavy atom. The molecule has 0 bridgehead atoms. The van der Waals surface area contributed by atoms with Crippen molar-refractivity contribution in [1.82, 2.24) is 15.1 Å². The van der Waals surface area contributed by atoms with Crippen LogP contribution in [0.25, 0.3) is 5.69 Å². The highest BCUT2D eigenvalue weighted by Gasteiger charge is 2.34. The number of anilines is 1. The number of nitrogens with zero attached hydrogens (tertiary/aromatic N) is 2. The molecule has 3 aromatic rings. The van der Waals surface area contributed by atoms with Crippen molar-refractivity contribution in [1.29, 1.82) is 0 Å². The largest absolute Gasteiger partial charge is 0.418 e. The number of amides is 1. The van der Waals surface area contributed by atoms with Gasteiger partial charge in [0.1, 0.15) is 0 Å². The Morgan fingerprint density at radius 1 is 1.03 bits per heavy atom. The minimum Gasteiger partial charge on any atom is -0.385 e. The van der Waals surface area contributed by atoms with Crippen molar-refractivity contribution in [2.75, 3.05) is 18.4 Å². The maximum atomic E-state index is 13.4. The van der Waals surface area contributed by atoms with Crippen LogP contribution in [0.5, 0.6) is 0 Å². The van der Waals surface area contributed by atoms with Crippen molar-refractivity contribution in [2.45, 2.75) is 19.5 Å². The lowest BCUT2D eigenvalue weighted by atomic mass is 10.1. The number of alkyl halides is 3. The monoisotopic (exact) mass is 430 g/mol. The molecule has 0 aliphatic heterocycles. The van der Waals surface area contributed by atoms with E-state index in [1.165, 1.54) is 25.1 Å². The number of carbonyl (C=O) groups is 1. The molecular formula is C22H21F3N4O2. The van der Waals surface area contributed by atoms with Crippen molar-refractivity contribution in [3.63, 3.8) is 0 Å². The van der Waals surface area contributed by atoms with Gasteiger partial charge in [0.2, 0.25) is 5.43 Å². The fraction of sp³-hybridized carbons (Fsp3) is 0.227. The molecule has 1 amide bonds. The molecule has 0 spiro atoms. The zero-order valence-corrected chi connectivity index (χ0v) is 16.7. The molecular weight excluding hydrogens is 409 g/mol. The molecule has 0 radical (unpaired) electrons. The molecule has 0 aliphatic carbocycles. The van der Waals surface area contributed by atoms with Crippen LogP contribution in [0.4, 0.5) is 18.9 Å². The van der Waals surface area contributed by atoms with Gasteiger partial charge in [0.25, 0.3) is 5.91 Å². The minimum atomic E-state index is -4.61. The summed E-state index contributed by atoms with van der Waals surface area (Å²) in [7, 11) is 0. The molecule has 31 heavy (non-hydrogen) atoms. The third kappa shape index (κ3) is 5.50. The predicted octanol–water partition coefficient (Wildman–Crippen LogP) is 3.79. The average Bonchev–Trinajstić information content (AvgIpc) is 2.73. The van der Waals surface area contributed by atoms with E-state index < -0.39 is 28.8 Å². The Labute approximate surface area is 176 Å². The number of hydrogen-bond acceptors (Lipinski definition) is 4. The summed E-state index contributed by atoms with van der Waals surface area (Å²) < 4.78 is 41.1. The first-order valence-electron chi connectivity index (χ1n) is 9.62. The summed E-state index contributed by atoms with van der Waals surface area (Å²) in [4.78, 5) is 24.7. The van der Waals surface area contributed by atoms with Gasteiger partial charge in [-0.2, -0.15) is 18.3 Å². The van der Waals surface area contributed by atoms with E-state index in [-0.39, 0.29) is 17.9 Å². The molecule has 0 unspecified atom stereocenters. The molecule has 0 saturated carbocycles. The van der Waals surface area contributed by atoms with Crippen molar-refractivity contribution in [3.05, 3.63) is 87.8 Å². The number of hydrogen-bond donors (Lipinski definition) is 2. The topological polar surface area (TPSA) is 76.0 Å². The molecule has 2 N–H and O–H groups in total. The van der Waals surface area contributed by atoms with Crippen LogP contribution in [0.2, 0.25) is 0 Å². The first-order valence-corrected chi connectivity index (χ1v) is 9.62. The zero-order chi connectivity index (χ0) is 22.4. The molecule has 0 saturated heterocycles. The van der Waals surface area contributed by atoms with Gasteiger partial charge in [-0.25, -0.2) is 4.68 Å². The summed E-state index contributed by atoms with van der Waals surface area (Å²) in [6.45, 7) is 2.32.